The van der Waals surface area contributed by atoms with Gasteiger partial charge in [-0.1, -0.05) is 11.3 Å². The van der Waals surface area contributed by atoms with E-state index in [0.717, 1.165) is 16.0 Å². The van der Waals surface area contributed by atoms with Crippen molar-refractivity contribution in [1.29, 1.82) is 0 Å². The number of ketones is 1. The van der Waals surface area contributed by atoms with Gasteiger partial charge in [0, 0.05) is 0 Å². The summed E-state index contributed by atoms with van der Waals surface area (Å²) >= 11 is 1.35. The number of carbonyl (C=O) groups is 2. The Kier molecular flexibility index (Phi) is 3.57. The van der Waals surface area contributed by atoms with Crippen LogP contribution in [0.2, 0.25) is 0 Å². The minimum atomic E-state index is -0.339. The molecule has 0 saturated carbocycles. The molecular formula is C12H12N2O3S. The summed E-state index contributed by atoms with van der Waals surface area (Å²) in [7, 11) is 1.59. The summed E-state index contributed by atoms with van der Waals surface area (Å²) in [5, 5.41) is 3.10. The molecule has 1 N–H and O–H groups in total. The zero-order valence-electron chi connectivity index (χ0n) is 10.0. The van der Waals surface area contributed by atoms with Crippen LogP contribution in [0.4, 0.5) is 5.13 Å². The minimum absolute atomic E-state index is 0.126. The van der Waals surface area contributed by atoms with Gasteiger partial charge in [0.1, 0.15) is 11.5 Å². The lowest BCUT2D eigenvalue weighted by molar-refractivity contribution is -0.124. The molecule has 0 radical (unpaired) electrons. The van der Waals surface area contributed by atoms with E-state index in [1.54, 1.807) is 7.11 Å². The maximum Gasteiger partial charge on any atom is 0.233 e. The predicted octanol–water partition coefficient (Wildman–Crippen LogP) is 2.22. The third kappa shape index (κ3) is 2.84. The van der Waals surface area contributed by atoms with E-state index in [2.05, 4.69) is 10.3 Å². The summed E-state index contributed by atoms with van der Waals surface area (Å²) < 4.78 is 6.04. The van der Waals surface area contributed by atoms with Crippen LogP contribution in [0.1, 0.15) is 13.3 Å². The standard InChI is InChI=1S/C12H12N2O3S/c1-7(15)5-11(16)14-12-13-9-4-3-8(17-2)6-10(9)18-12/h3-4,6H,5H2,1-2H3,(H,13,14,16). The van der Waals surface area contributed by atoms with Crippen molar-refractivity contribution in [3.8, 4) is 5.75 Å². The molecule has 1 amide bonds. The molecule has 6 heteroatoms. The summed E-state index contributed by atoms with van der Waals surface area (Å²) in [5.41, 5.74) is 0.791. The second kappa shape index (κ2) is 5.14. The fraction of sp³-hybridized carbons (Fsp3) is 0.250. The number of hydrogen-bond acceptors (Lipinski definition) is 5. The quantitative estimate of drug-likeness (QED) is 0.860. The van der Waals surface area contributed by atoms with E-state index < -0.39 is 0 Å². The Hall–Kier alpha value is -1.95. The first-order valence-corrected chi connectivity index (χ1v) is 6.14. The van der Waals surface area contributed by atoms with E-state index in [1.165, 1.54) is 18.3 Å². The van der Waals surface area contributed by atoms with Gasteiger partial charge in [-0.3, -0.25) is 9.59 Å². The van der Waals surface area contributed by atoms with Crippen molar-refractivity contribution in [3.05, 3.63) is 18.2 Å². The van der Waals surface area contributed by atoms with Crippen molar-refractivity contribution in [1.82, 2.24) is 4.98 Å². The van der Waals surface area contributed by atoms with Gasteiger partial charge in [0.05, 0.1) is 23.7 Å². The molecule has 0 aliphatic carbocycles. The molecule has 1 aromatic carbocycles. The van der Waals surface area contributed by atoms with Crippen LogP contribution >= 0.6 is 11.3 Å². The Morgan fingerprint density at radius 2 is 2.22 bits per heavy atom. The van der Waals surface area contributed by atoms with Crippen LogP contribution < -0.4 is 10.1 Å². The molecule has 5 nitrogen and oxygen atoms in total. The fourth-order valence-electron chi connectivity index (χ4n) is 1.47. The van der Waals surface area contributed by atoms with Crippen molar-refractivity contribution in [2.24, 2.45) is 0 Å². The highest BCUT2D eigenvalue weighted by molar-refractivity contribution is 7.22. The number of benzene rings is 1. The lowest BCUT2D eigenvalue weighted by Crippen LogP contribution is -2.14. The number of nitrogens with zero attached hydrogens (tertiary/aromatic N) is 1. The van der Waals surface area contributed by atoms with Gasteiger partial charge >= 0.3 is 0 Å². The third-order valence-electron chi connectivity index (χ3n) is 2.25. The molecule has 0 fully saturated rings. The first-order valence-electron chi connectivity index (χ1n) is 5.32. The van der Waals surface area contributed by atoms with Gasteiger partial charge in [0.25, 0.3) is 0 Å². The van der Waals surface area contributed by atoms with Crippen molar-refractivity contribution in [3.63, 3.8) is 0 Å². The SMILES string of the molecule is COc1ccc2nc(NC(=O)CC(C)=O)sc2c1. The molecular weight excluding hydrogens is 252 g/mol. The van der Waals surface area contributed by atoms with E-state index in [9.17, 15) is 9.59 Å². The molecule has 0 unspecified atom stereocenters. The normalized spacial score (nSPS) is 10.3. The Morgan fingerprint density at radius 1 is 1.44 bits per heavy atom. The van der Waals surface area contributed by atoms with Crippen LogP contribution in [0.3, 0.4) is 0 Å². The first-order chi connectivity index (χ1) is 8.58. The summed E-state index contributed by atoms with van der Waals surface area (Å²) in [4.78, 5) is 26.5. The lowest BCUT2D eigenvalue weighted by Gasteiger charge is -1.97. The average Bonchev–Trinajstić information content (AvgIpc) is 2.68. The highest BCUT2D eigenvalue weighted by Gasteiger charge is 2.09. The smallest absolute Gasteiger partial charge is 0.233 e. The van der Waals surface area contributed by atoms with Crippen LogP contribution in [-0.2, 0) is 9.59 Å². The molecule has 0 aliphatic rings. The largest absolute Gasteiger partial charge is 0.497 e. The Morgan fingerprint density at radius 3 is 2.89 bits per heavy atom. The van der Waals surface area contributed by atoms with E-state index in [1.807, 2.05) is 18.2 Å². The highest BCUT2D eigenvalue weighted by atomic mass is 32.1. The molecule has 94 valence electrons. The number of hydrogen-bond donors (Lipinski definition) is 1. The van der Waals surface area contributed by atoms with Gasteiger partial charge in [0.2, 0.25) is 5.91 Å². The van der Waals surface area contributed by atoms with Crippen LogP contribution in [0.15, 0.2) is 18.2 Å². The van der Waals surface area contributed by atoms with Crippen molar-refractivity contribution < 1.29 is 14.3 Å². The van der Waals surface area contributed by atoms with Gasteiger partial charge in [-0.05, 0) is 25.1 Å². The molecule has 18 heavy (non-hydrogen) atoms. The molecule has 2 rings (SSSR count). The monoisotopic (exact) mass is 264 g/mol. The number of carbonyl (C=O) groups excluding carboxylic acids is 2. The Labute approximate surface area is 108 Å². The second-order valence-corrected chi connectivity index (χ2v) is 4.81. The predicted molar refractivity (Wildman–Crippen MR) is 70.1 cm³/mol. The zero-order valence-corrected chi connectivity index (χ0v) is 10.8. The van der Waals surface area contributed by atoms with Gasteiger partial charge in [-0.15, -0.1) is 0 Å². The third-order valence-corrected chi connectivity index (χ3v) is 3.19. The Bertz CT molecular complexity index is 606. The summed E-state index contributed by atoms with van der Waals surface area (Å²) in [5.74, 6) is 0.233. The number of rotatable bonds is 4. The Balaban J connectivity index is 2.19. The maximum absolute atomic E-state index is 11.4. The number of thiazole rings is 1. The van der Waals surface area contributed by atoms with E-state index in [0.29, 0.717) is 5.13 Å². The number of nitrogens with one attached hydrogen (secondary N) is 1. The molecule has 0 saturated heterocycles. The average molecular weight is 264 g/mol. The topological polar surface area (TPSA) is 68.3 Å². The number of Topliss-reactive ketones (excluding diaryl/α,β-unsaturated/α-hetero) is 1. The molecule has 1 heterocycles. The summed E-state index contributed by atoms with van der Waals surface area (Å²) in [6, 6.07) is 5.49. The molecule has 2 aromatic rings. The number of ether oxygens (including phenoxy) is 1. The maximum atomic E-state index is 11.4. The molecule has 0 atom stereocenters. The van der Waals surface area contributed by atoms with Crippen LogP contribution in [0.5, 0.6) is 5.75 Å². The van der Waals surface area contributed by atoms with E-state index in [4.69, 9.17) is 4.74 Å². The summed E-state index contributed by atoms with van der Waals surface area (Å²) in [6.07, 6.45) is -0.126. The van der Waals surface area contributed by atoms with E-state index >= 15 is 0 Å². The number of methoxy groups -OCH3 is 1. The van der Waals surface area contributed by atoms with Gasteiger partial charge in [-0.2, -0.15) is 0 Å². The lowest BCUT2D eigenvalue weighted by atomic mass is 10.3. The number of fused-ring (bicyclic) bond motifs is 1. The molecule has 1 aromatic heterocycles. The van der Waals surface area contributed by atoms with Crippen molar-refractivity contribution >= 4 is 38.4 Å². The molecule has 0 aliphatic heterocycles. The summed E-state index contributed by atoms with van der Waals surface area (Å²) in [6.45, 7) is 1.38. The van der Waals surface area contributed by atoms with E-state index in [-0.39, 0.29) is 18.1 Å². The van der Waals surface area contributed by atoms with Crippen LogP contribution in [0.25, 0.3) is 10.2 Å². The van der Waals surface area contributed by atoms with Crippen LogP contribution in [-0.4, -0.2) is 23.8 Å². The van der Waals surface area contributed by atoms with Crippen LogP contribution in [0, 0.1) is 0 Å². The highest BCUT2D eigenvalue weighted by Crippen LogP contribution is 2.29. The van der Waals surface area contributed by atoms with Gasteiger partial charge < -0.3 is 10.1 Å². The zero-order chi connectivity index (χ0) is 13.1. The number of anilines is 1. The fourth-order valence-corrected chi connectivity index (χ4v) is 2.39. The first kappa shape index (κ1) is 12.5. The minimum Gasteiger partial charge on any atom is -0.497 e. The van der Waals surface area contributed by atoms with Crippen molar-refractivity contribution in [2.75, 3.05) is 12.4 Å². The van der Waals surface area contributed by atoms with Crippen molar-refractivity contribution in [2.45, 2.75) is 13.3 Å². The number of amides is 1. The molecule has 0 bridgehead atoms. The van der Waals surface area contributed by atoms with Gasteiger partial charge in [0.15, 0.2) is 5.13 Å². The second-order valence-electron chi connectivity index (χ2n) is 3.78. The molecule has 0 spiro atoms. The van der Waals surface area contributed by atoms with Gasteiger partial charge in [-0.25, -0.2) is 4.98 Å². The number of aromatic nitrogens is 1.